The van der Waals surface area contributed by atoms with Crippen LogP contribution in [-0.2, 0) is 17.4 Å². The lowest BCUT2D eigenvalue weighted by Crippen LogP contribution is -2.11. The standard InChI is InChI=1S/C26H22F3NO3/c27-26(28,29)20-8-1-5-17(13-20)14-22-16-19-7-3-10-23(25(19)33-22)18-6-2-9-21(15-18)30-24(32)11-4-12-31/h1-3,5-10,13,15-16,31H,4,11-12,14H2,(H,30,32). The van der Waals surface area contributed by atoms with Crippen LogP contribution < -0.4 is 5.32 Å². The average molecular weight is 453 g/mol. The summed E-state index contributed by atoms with van der Waals surface area (Å²) in [6.07, 6.45) is -3.53. The molecule has 0 spiro atoms. The summed E-state index contributed by atoms with van der Waals surface area (Å²) in [7, 11) is 0. The summed E-state index contributed by atoms with van der Waals surface area (Å²) in [6, 6.07) is 20.1. The molecule has 33 heavy (non-hydrogen) atoms. The molecule has 0 bridgehead atoms. The molecule has 0 radical (unpaired) electrons. The summed E-state index contributed by atoms with van der Waals surface area (Å²) < 4.78 is 45.1. The first-order valence-electron chi connectivity index (χ1n) is 10.5. The zero-order chi connectivity index (χ0) is 23.4. The number of hydrogen-bond donors (Lipinski definition) is 2. The molecule has 1 heterocycles. The Labute approximate surface area is 188 Å². The summed E-state index contributed by atoms with van der Waals surface area (Å²) >= 11 is 0. The predicted molar refractivity (Wildman–Crippen MR) is 121 cm³/mol. The zero-order valence-corrected chi connectivity index (χ0v) is 17.7. The summed E-state index contributed by atoms with van der Waals surface area (Å²) in [5.74, 6) is 0.381. The minimum atomic E-state index is -4.39. The van der Waals surface area contributed by atoms with Crippen molar-refractivity contribution >= 4 is 22.6 Å². The van der Waals surface area contributed by atoms with Gasteiger partial charge in [-0.2, -0.15) is 13.2 Å². The molecule has 0 aliphatic rings. The van der Waals surface area contributed by atoms with Crippen LogP contribution in [0.1, 0.15) is 29.7 Å². The highest BCUT2D eigenvalue weighted by Gasteiger charge is 2.30. The highest BCUT2D eigenvalue weighted by atomic mass is 19.4. The maximum Gasteiger partial charge on any atom is 0.416 e. The molecular weight excluding hydrogens is 431 g/mol. The minimum absolute atomic E-state index is 0.0449. The third kappa shape index (κ3) is 5.43. The van der Waals surface area contributed by atoms with E-state index in [9.17, 15) is 18.0 Å². The molecule has 0 saturated heterocycles. The van der Waals surface area contributed by atoms with E-state index in [1.807, 2.05) is 42.5 Å². The number of benzene rings is 3. The van der Waals surface area contributed by atoms with Crippen LogP contribution in [-0.4, -0.2) is 17.6 Å². The van der Waals surface area contributed by atoms with Gasteiger partial charge < -0.3 is 14.8 Å². The van der Waals surface area contributed by atoms with Gasteiger partial charge in [-0.05, 0) is 41.8 Å². The van der Waals surface area contributed by atoms with E-state index >= 15 is 0 Å². The fourth-order valence-electron chi connectivity index (χ4n) is 3.72. The molecular formula is C26H22F3NO3. The van der Waals surface area contributed by atoms with Crippen molar-refractivity contribution in [3.05, 3.63) is 89.7 Å². The second kappa shape index (κ2) is 9.50. The van der Waals surface area contributed by atoms with Gasteiger partial charge in [0.25, 0.3) is 0 Å². The quantitative estimate of drug-likeness (QED) is 0.339. The number of furan rings is 1. The lowest BCUT2D eigenvalue weighted by atomic mass is 10.0. The maximum atomic E-state index is 13.0. The van der Waals surface area contributed by atoms with Crippen molar-refractivity contribution in [1.29, 1.82) is 0 Å². The normalized spacial score (nSPS) is 11.6. The lowest BCUT2D eigenvalue weighted by Gasteiger charge is -2.08. The third-order valence-electron chi connectivity index (χ3n) is 5.25. The zero-order valence-electron chi connectivity index (χ0n) is 17.7. The van der Waals surface area contributed by atoms with E-state index in [-0.39, 0.29) is 25.4 Å². The fraction of sp³-hybridized carbons (Fsp3) is 0.192. The number of aliphatic hydroxyl groups is 1. The SMILES string of the molecule is O=C(CCCO)Nc1cccc(-c2cccc3cc(Cc4cccc(C(F)(F)F)c4)oc23)c1. The number of carbonyl (C=O) groups is 1. The summed E-state index contributed by atoms with van der Waals surface area (Å²) in [4.78, 5) is 12.0. The van der Waals surface area contributed by atoms with E-state index in [0.717, 1.165) is 28.6 Å². The van der Waals surface area contributed by atoms with Gasteiger partial charge in [0, 0.05) is 36.1 Å². The molecule has 170 valence electrons. The Morgan fingerprint density at radius 3 is 2.55 bits per heavy atom. The van der Waals surface area contributed by atoms with Crippen molar-refractivity contribution in [1.82, 2.24) is 0 Å². The van der Waals surface area contributed by atoms with Crippen LogP contribution in [0.3, 0.4) is 0 Å². The first-order chi connectivity index (χ1) is 15.8. The average Bonchev–Trinajstić information content (AvgIpc) is 3.20. The molecule has 0 aliphatic carbocycles. The number of alkyl halides is 3. The minimum Gasteiger partial charge on any atom is -0.460 e. The number of hydrogen-bond acceptors (Lipinski definition) is 3. The summed E-state index contributed by atoms with van der Waals surface area (Å²) in [5.41, 5.74) is 2.73. The molecule has 4 aromatic rings. The Morgan fingerprint density at radius 1 is 0.970 bits per heavy atom. The maximum absolute atomic E-state index is 13.0. The Balaban J connectivity index is 1.61. The molecule has 0 unspecified atom stereocenters. The molecule has 4 rings (SSSR count). The van der Waals surface area contributed by atoms with Gasteiger partial charge in [-0.25, -0.2) is 0 Å². The van der Waals surface area contributed by atoms with Crippen LogP contribution in [0.15, 0.2) is 77.2 Å². The number of carbonyl (C=O) groups excluding carboxylic acids is 1. The van der Waals surface area contributed by atoms with Crippen LogP contribution in [0.5, 0.6) is 0 Å². The van der Waals surface area contributed by atoms with Crippen molar-refractivity contribution < 1.29 is 27.5 Å². The smallest absolute Gasteiger partial charge is 0.416 e. The van der Waals surface area contributed by atoms with Crippen molar-refractivity contribution in [3.63, 3.8) is 0 Å². The van der Waals surface area contributed by atoms with E-state index in [0.29, 0.717) is 29.0 Å². The number of anilines is 1. The van der Waals surface area contributed by atoms with Crippen LogP contribution >= 0.6 is 0 Å². The highest BCUT2D eigenvalue weighted by molar-refractivity contribution is 5.95. The first-order valence-corrected chi connectivity index (χ1v) is 10.5. The Morgan fingerprint density at radius 2 is 1.76 bits per heavy atom. The fourth-order valence-corrected chi connectivity index (χ4v) is 3.72. The summed E-state index contributed by atoms with van der Waals surface area (Å²) in [6.45, 7) is -0.0449. The number of fused-ring (bicyclic) bond motifs is 1. The molecule has 1 aromatic heterocycles. The number of nitrogens with one attached hydrogen (secondary N) is 1. The number of amides is 1. The molecule has 0 aliphatic heterocycles. The van der Waals surface area contributed by atoms with E-state index in [4.69, 9.17) is 9.52 Å². The van der Waals surface area contributed by atoms with E-state index in [1.54, 1.807) is 12.1 Å². The van der Waals surface area contributed by atoms with Crippen molar-refractivity contribution in [2.45, 2.75) is 25.4 Å². The van der Waals surface area contributed by atoms with Crippen LogP contribution in [0.25, 0.3) is 22.1 Å². The molecule has 4 nitrogen and oxygen atoms in total. The number of para-hydroxylation sites is 1. The lowest BCUT2D eigenvalue weighted by molar-refractivity contribution is -0.137. The molecule has 0 atom stereocenters. The van der Waals surface area contributed by atoms with Gasteiger partial charge in [0.05, 0.1) is 5.56 Å². The number of halogens is 3. The van der Waals surface area contributed by atoms with E-state index in [2.05, 4.69) is 5.32 Å². The van der Waals surface area contributed by atoms with Gasteiger partial charge in [0.15, 0.2) is 0 Å². The van der Waals surface area contributed by atoms with E-state index in [1.165, 1.54) is 6.07 Å². The first kappa shape index (κ1) is 22.6. The van der Waals surface area contributed by atoms with Gasteiger partial charge in [0.2, 0.25) is 5.91 Å². The van der Waals surface area contributed by atoms with Crippen molar-refractivity contribution in [3.8, 4) is 11.1 Å². The van der Waals surface area contributed by atoms with Crippen molar-refractivity contribution in [2.75, 3.05) is 11.9 Å². The van der Waals surface area contributed by atoms with Crippen LogP contribution in [0.2, 0.25) is 0 Å². The molecule has 3 aromatic carbocycles. The van der Waals surface area contributed by atoms with Gasteiger partial charge in [-0.1, -0.05) is 48.5 Å². The number of aliphatic hydroxyl groups excluding tert-OH is 1. The second-order valence-electron chi connectivity index (χ2n) is 7.77. The Kier molecular flexibility index (Phi) is 6.51. The molecule has 1 amide bonds. The van der Waals surface area contributed by atoms with Crippen molar-refractivity contribution in [2.24, 2.45) is 0 Å². The number of rotatable bonds is 7. The Hall–Kier alpha value is -3.58. The molecule has 0 fully saturated rings. The van der Waals surface area contributed by atoms with Gasteiger partial charge >= 0.3 is 6.18 Å². The third-order valence-corrected chi connectivity index (χ3v) is 5.25. The molecule has 2 N–H and O–H groups in total. The van der Waals surface area contributed by atoms with E-state index < -0.39 is 11.7 Å². The van der Waals surface area contributed by atoms with Crippen LogP contribution in [0.4, 0.5) is 18.9 Å². The highest BCUT2D eigenvalue weighted by Crippen LogP contribution is 2.34. The topological polar surface area (TPSA) is 62.5 Å². The Bertz CT molecular complexity index is 1280. The van der Waals surface area contributed by atoms with Gasteiger partial charge in [-0.15, -0.1) is 0 Å². The second-order valence-corrected chi connectivity index (χ2v) is 7.77. The molecule has 0 saturated carbocycles. The largest absolute Gasteiger partial charge is 0.460 e. The van der Waals surface area contributed by atoms with Crippen LogP contribution in [0, 0.1) is 0 Å². The molecule has 7 heteroatoms. The summed E-state index contributed by atoms with van der Waals surface area (Å²) in [5, 5.41) is 12.5. The predicted octanol–water partition coefficient (Wildman–Crippen LogP) is 6.42. The van der Waals surface area contributed by atoms with Gasteiger partial charge in [-0.3, -0.25) is 4.79 Å². The van der Waals surface area contributed by atoms with Gasteiger partial charge in [0.1, 0.15) is 11.3 Å². The monoisotopic (exact) mass is 453 g/mol.